The van der Waals surface area contributed by atoms with Gasteiger partial charge in [0.25, 0.3) is 0 Å². The van der Waals surface area contributed by atoms with Gasteiger partial charge in [-0.3, -0.25) is 0 Å². The fourth-order valence-electron chi connectivity index (χ4n) is 2.40. The van der Waals surface area contributed by atoms with Crippen LogP contribution in [0.2, 0.25) is 10.0 Å². The van der Waals surface area contributed by atoms with Crippen LogP contribution in [-0.2, 0) is 6.42 Å². The highest BCUT2D eigenvalue weighted by atomic mass is 127. The molecular weight excluding hydrogens is 416 g/mol. The summed E-state index contributed by atoms with van der Waals surface area (Å²) in [5, 5.41) is 5.05. The van der Waals surface area contributed by atoms with Gasteiger partial charge in [-0.25, -0.2) is 0 Å². The molecule has 1 atom stereocenters. The van der Waals surface area contributed by atoms with E-state index >= 15 is 0 Å². The highest BCUT2D eigenvalue weighted by Crippen LogP contribution is 2.29. The summed E-state index contributed by atoms with van der Waals surface area (Å²) in [4.78, 5) is 0. The van der Waals surface area contributed by atoms with Gasteiger partial charge in [-0.05, 0) is 77.4 Å². The highest BCUT2D eigenvalue weighted by Gasteiger charge is 2.16. The molecule has 4 heteroatoms. The molecule has 112 valence electrons. The van der Waals surface area contributed by atoms with Gasteiger partial charge in [0.15, 0.2) is 0 Å². The van der Waals surface area contributed by atoms with Gasteiger partial charge in [-0.15, -0.1) is 0 Å². The second-order valence-corrected chi connectivity index (χ2v) is 6.95. The zero-order valence-corrected chi connectivity index (χ0v) is 15.8. The molecule has 1 N–H and O–H groups in total. The van der Waals surface area contributed by atoms with Crippen molar-refractivity contribution >= 4 is 45.8 Å². The number of halogens is 3. The Morgan fingerprint density at radius 1 is 1.19 bits per heavy atom. The van der Waals surface area contributed by atoms with Gasteiger partial charge >= 0.3 is 0 Å². The van der Waals surface area contributed by atoms with Crippen molar-refractivity contribution in [3.05, 3.63) is 66.7 Å². The van der Waals surface area contributed by atoms with Gasteiger partial charge < -0.3 is 5.32 Å². The largest absolute Gasteiger partial charge is 0.310 e. The monoisotopic (exact) mass is 433 g/mol. The Hall–Kier alpha value is -0.290. The lowest BCUT2D eigenvalue weighted by Crippen LogP contribution is -2.24. The molecule has 0 spiro atoms. The number of nitrogens with one attached hydrogen (secondary N) is 1. The highest BCUT2D eigenvalue weighted by molar-refractivity contribution is 14.1. The van der Waals surface area contributed by atoms with E-state index < -0.39 is 0 Å². The predicted octanol–water partition coefficient (Wildman–Crippen LogP) is 5.80. The Labute approximate surface area is 150 Å². The van der Waals surface area contributed by atoms with Crippen molar-refractivity contribution in [2.45, 2.75) is 26.3 Å². The van der Waals surface area contributed by atoms with Crippen molar-refractivity contribution in [1.29, 1.82) is 0 Å². The molecule has 0 aliphatic rings. The van der Waals surface area contributed by atoms with Gasteiger partial charge in [-0.1, -0.05) is 48.3 Å². The summed E-state index contributed by atoms with van der Waals surface area (Å²) in [5.41, 5.74) is 3.69. The van der Waals surface area contributed by atoms with Crippen LogP contribution in [0.15, 0.2) is 36.4 Å². The Bertz CT molecular complexity index is 628. The van der Waals surface area contributed by atoms with E-state index in [0.29, 0.717) is 0 Å². The second kappa shape index (κ2) is 7.82. The fraction of sp³-hybridized carbons (Fsp3) is 0.294. The average molecular weight is 434 g/mol. The molecular formula is C17H18Cl2IN. The minimum Gasteiger partial charge on any atom is -0.310 e. The Morgan fingerprint density at radius 2 is 1.95 bits per heavy atom. The van der Waals surface area contributed by atoms with Crippen LogP contribution in [0.4, 0.5) is 0 Å². The van der Waals surface area contributed by atoms with E-state index in [2.05, 4.69) is 60.0 Å². The standard InChI is InChI=1S/C17H18Cl2IN/c1-3-21-16(14-6-4-5-11(2)17(14)20)10-12-9-13(18)7-8-15(12)19/h4-9,16,21H,3,10H2,1-2H3. The van der Waals surface area contributed by atoms with E-state index in [1.807, 2.05) is 18.2 Å². The lowest BCUT2D eigenvalue weighted by Gasteiger charge is -2.21. The SMILES string of the molecule is CCNC(Cc1cc(Cl)ccc1Cl)c1cccc(C)c1I. The lowest BCUT2D eigenvalue weighted by atomic mass is 9.97. The molecule has 1 nitrogen and oxygen atoms in total. The molecule has 0 aliphatic carbocycles. The number of aryl methyl sites for hydroxylation is 1. The van der Waals surface area contributed by atoms with E-state index in [0.717, 1.165) is 28.6 Å². The van der Waals surface area contributed by atoms with Gasteiger partial charge in [0.05, 0.1) is 0 Å². The normalized spacial score (nSPS) is 12.4. The maximum atomic E-state index is 6.31. The Morgan fingerprint density at radius 3 is 2.67 bits per heavy atom. The number of likely N-dealkylation sites (N-methyl/N-ethyl adjacent to an activating group) is 1. The average Bonchev–Trinajstić information content (AvgIpc) is 2.45. The van der Waals surface area contributed by atoms with Crippen molar-refractivity contribution in [2.24, 2.45) is 0 Å². The molecule has 0 bridgehead atoms. The third-order valence-corrected chi connectivity index (χ3v) is 5.56. The molecule has 0 saturated carbocycles. The summed E-state index contributed by atoms with van der Waals surface area (Å²) in [6, 6.07) is 12.3. The van der Waals surface area contributed by atoms with Crippen LogP contribution in [0.5, 0.6) is 0 Å². The zero-order valence-electron chi connectivity index (χ0n) is 12.1. The number of benzene rings is 2. The first-order valence-electron chi connectivity index (χ1n) is 6.95. The molecule has 1 unspecified atom stereocenters. The van der Waals surface area contributed by atoms with E-state index in [-0.39, 0.29) is 6.04 Å². The van der Waals surface area contributed by atoms with E-state index in [1.54, 1.807) is 0 Å². The molecule has 0 fully saturated rings. The minimum atomic E-state index is 0.234. The first-order valence-corrected chi connectivity index (χ1v) is 8.78. The smallest absolute Gasteiger partial charge is 0.0439 e. The number of hydrogen-bond donors (Lipinski definition) is 1. The fourth-order valence-corrected chi connectivity index (χ4v) is 3.52. The van der Waals surface area contributed by atoms with Crippen LogP contribution < -0.4 is 5.32 Å². The summed E-state index contributed by atoms with van der Waals surface area (Å²) < 4.78 is 1.30. The molecule has 0 saturated heterocycles. The molecule has 2 rings (SSSR count). The van der Waals surface area contributed by atoms with Crippen LogP contribution in [0.25, 0.3) is 0 Å². The second-order valence-electron chi connectivity index (χ2n) is 5.03. The van der Waals surface area contributed by atoms with Crippen LogP contribution >= 0.6 is 45.8 Å². The summed E-state index contributed by atoms with van der Waals surface area (Å²) in [6.07, 6.45) is 0.826. The van der Waals surface area contributed by atoms with Crippen molar-refractivity contribution in [3.63, 3.8) is 0 Å². The van der Waals surface area contributed by atoms with E-state index in [1.165, 1.54) is 14.7 Å². The zero-order chi connectivity index (χ0) is 15.4. The van der Waals surface area contributed by atoms with Crippen LogP contribution in [0.3, 0.4) is 0 Å². The van der Waals surface area contributed by atoms with Crippen LogP contribution in [-0.4, -0.2) is 6.54 Å². The summed E-state index contributed by atoms with van der Waals surface area (Å²) in [6.45, 7) is 5.17. The topological polar surface area (TPSA) is 12.0 Å². The predicted molar refractivity (Wildman–Crippen MR) is 100 cm³/mol. The summed E-state index contributed by atoms with van der Waals surface area (Å²) in [7, 11) is 0. The Kier molecular flexibility index (Phi) is 6.35. The lowest BCUT2D eigenvalue weighted by molar-refractivity contribution is 0.547. The van der Waals surface area contributed by atoms with Crippen molar-refractivity contribution in [1.82, 2.24) is 5.32 Å². The third-order valence-electron chi connectivity index (χ3n) is 3.48. The van der Waals surface area contributed by atoms with Gasteiger partial charge in [0.2, 0.25) is 0 Å². The molecule has 0 aromatic heterocycles. The van der Waals surface area contributed by atoms with Crippen LogP contribution in [0, 0.1) is 10.5 Å². The maximum absolute atomic E-state index is 6.31. The van der Waals surface area contributed by atoms with Gasteiger partial charge in [-0.2, -0.15) is 0 Å². The maximum Gasteiger partial charge on any atom is 0.0439 e. The molecule has 0 heterocycles. The quantitative estimate of drug-likeness (QED) is 0.587. The first kappa shape index (κ1) is 17.1. The molecule has 2 aromatic carbocycles. The molecule has 21 heavy (non-hydrogen) atoms. The summed E-state index contributed by atoms with van der Waals surface area (Å²) >= 11 is 14.8. The van der Waals surface area contributed by atoms with Crippen LogP contribution in [0.1, 0.15) is 29.7 Å². The molecule has 0 amide bonds. The molecule has 2 aromatic rings. The third kappa shape index (κ3) is 4.35. The van der Waals surface area contributed by atoms with Crippen molar-refractivity contribution < 1.29 is 0 Å². The Balaban J connectivity index is 2.35. The summed E-state index contributed by atoms with van der Waals surface area (Å²) in [5.74, 6) is 0. The minimum absolute atomic E-state index is 0.234. The molecule has 0 aliphatic heterocycles. The first-order chi connectivity index (χ1) is 10.0. The van der Waals surface area contributed by atoms with Crippen molar-refractivity contribution in [3.8, 4) is 0 Å². The van der Waals surface area contributed by atoms with Gasteiger partial charge in [0, 0.05) is 19.7 Å². The van der Waals surface area contributed by atoms with Crippen molar-refractivity contribution in [2.75, 3.05) is 6.54 Å². The number of hydrogen-bond acceptors (Lipinski definition) is 1. The molecule has 0 radical (unpaired) electrons. The van der Waals surface area contributed by atoms with Gasteiger partial charge in [0.1, 0.15) is 0 Å². The number of rotatable bonds is 5. The van der Waals surface area contributed by atoms with E-state index in [9.17, 15) is 0 Å². The van der Waals surface area contributed by atoms with E-state index in [4.69, 9.17) is 23.2 Å².